The predicted octanol–water partition coefficient (Wildman–Crippen LogP) is 5.11. The number of hydrogen-bond acceptors (Lipinski definition) is 3. The number of nitrogens with one attached hydrogen (secondary N) is 1. The van der Waals surface area contributed by atoms with E-state index in [9.17, 15) is 9.18 Å². The number of anilines is 1. The molecular formula is C16H11ClFNOS. The lowest BCUT2D eigenvalue weighted by molar-refractivity contribution is 0.104. The lowest BCUT2D eigenvalue weighted by Gasteiger charge is -2.21. The Hall–Kier alpha value is -1.78. The third-order valence-electron chi connectivity index (χ3n) is 3.13. The van der Waals surface area contributed by atoms with Gasteiger partial charge in [-0.1, -0.05) is 23.4 Å². The Balaban J connectivity index is 1.94. The summed E-state index contributed by atoms with van der Waals surface area (Å²) in [5.41, 5.74) is 2.13. The van der Waals surface area contributed by atoms with Gasteiger partial charge in [-0.2, -0.15) is 0 Å². The number of carbonyl (C=O) groups excluding carboxylic acids is 1. The fourth-order valence-corrected chi connectivity index (χ4v) is 3.25. The highest BCUT2D eigenvalue weighted by Crippen LogP contribution is 2.41. The monoisotopic (exact) mass is 319 g/mol. The van der Waals surface area contributed by atoms with Crippen LogP contribution in [-0.4, -0.2) is 5.78 Å². The number of Topliss-reactive ketones (excluding diaryl/α,β-unsaturated/α-hetero) is 1. The molecule has 106 valence electrons. The van der Waals surface area contributed by atoms with Crippen LogP contribution in [0.1, 0.15) is 17.3 Å². The van der Waals surface area contributed by atoms with Crippen LogP contribution in [-0.2, 0) is 0 Å². The van der Waals surface area contributed by atoms with Crippen molar-refractivity contribution in [1.29, 1.82) is 0 Å². The van der Waals surface area contributed by atoms with Crippen molar-refractivity contribution in [2.75, 3.05) is 5.32 Å². The molecule has 0 amide bonds. The summed E-state index contributed by atoms with van der Waals surface area (Å²) in [4.78, 5) is 14.1. The second kappa shape index (κ2) is 5.54. The summed E-state index contributed by atoms with van der Waals surface area (Å²) in [5, 5.41) is 3.83. The van der Waals surface area contributed by atoms with E-state index in [1.807, 2.05) is 19.1 Å². The molecule has 0 radical (unpaired) electrons. The highest BCUT2D eigenvalue weighted by atomic mass is 35.5. The third kappa shape index (κ3) is 2.82. The number of allylic oxidation sites excluding steroid dienone is 2. The maximum atomic E-state index is 13.0. The van der Waals surface area contributed by atoms with Gasteiger partial charge in [-0.3, -0.25) is 4.79 Å². The molecule has 0 atom stereocenters. The van der Waals surface area contributed by atoms with Gasteiger partial charge in [0.25, 0.3) is 0 Å². The molecule has 1 aliphatic heterocycles. The van der Waals surface area contributed by atoms with Crippen LogP contribution in [0.4, 0.5) is 10.1 Å². The maximum Gasteiger partial charge on any atom is 0.201 e. The first-order valence-corrected chi connectivity index (χ1v) is 7.49. The van der Waals surface area contributed by atoms with E-state index < -0.39 is 0 Å². The zero-order chi connectivity index (χ0) is 15.0. The Kier molecular flexibility index (Phi) is 3.74. The van der Waals surface area contributed by atoms with Gasteiger partial charge in [0.2, 0.25) is 5.78 Å². The quantitative estimate of drug-likeness (QED) is 0.780. The first-order chi connectivity index (χ1) is 10.0. The molecule has 1 heterocycles. The van der Waals surface area contributed by atoms with E-state index in [-0.39, 0.29) is 11.6 Å². The first kappa shape index (κ1) is 14.2. The van der Waals surface area contributed by atoms with Gasteiger partial charge < -0.3 is 5.32 Å². The van der Waals surface area contributed by atoms with Gasteiger partial charge in [0.1, 0.15) is 5.82 Å². The van der Waals surface area contributed by atoms with Gasteiger partial charge in [-0.05, 0) is 49.4 Å². The number of hydrogen-bond donors (Lipinski definition) is 1. The Morgan fingerprint density at radius 1 is 1.19 bits per heavy atom. The fourth-order valence-electron chi connectivity index (χ4n) is 2.08. The minimum atomic E-state index is -0.355. The summed E-state index contributed by atoms with van der Waals surface area (Å²) >= 11 is 7.36. The third-order valence-corrected chi connectivity index (χ3v) is 4.64. The Bertz CT molecular complexity index is 755. The summed E-state index contributed by atoms with van der Waals surface area (Å²) in [5.74, 6) is -0.475. The lowest BCUT2D eigenvalue weighted by atomic mass is 10.1. The Morgan fingerprint density at radius 3 is 2.62 bits per heavy atom. The fraction of sp³-hybridized carbons (Fsp3) is 0.0625. The summed E-state index contributed by atoms with van der Waals surface area (Å²) in [6.07, 6.45) is 0. The highest BCUT2D eigenvalue weighted by molar-refractivity contribution is 8.04. The molecule has 2 nitrogen and oxygen atoms in total. The van der Waals surface area contributed by atoms with Gasteiger partial charge in [-0.15, -0.1) is 0 Å². The first-order valence-electron chi connectivity index (χ1n) is 6.30. The van der Waals surface area contributed by atoms with Gasteiger partial charge in [0.15, 0.2) is 0 Å². The van der Waals surface area contributed by atoms with Gasteiger partial charge >= 0.3 is 0 Å². The summed E-state index contributed by atoms with van der Waals surface area (Å²) in [6.45, 7) is 1.84. The molecular weight excluding hydrogens is 309 g/mol. The van der Waals surface area contributed by atoms with E-state index in [0.29, 0.717) is 15.5 Å². The largest absolute Gasteiger partial charge is 0.357 e. The van der Waals surface area contributed by atoms with E-state index in [0.717, 1.165) is 16.3 Å². The molecule has 0 saturated carbocycles. The van der Waals surface area contributed by atoms with Crippen LogP contribution >= 0.6 is 23.4 Å². The zero-order valence-corrected chi connectivity index (χ0v) is 12.7. The number of benzene rings is 2. The molecule has 0 fully saturated rings. The summed E-state index contributed by atoms with van der Waals surface area (Å²) < 4.78 is 13.0. The minimum absolute atomic E-state index is 0.120. The molecule has 2 aromatic carbocycles. The van der Waals surface area contributed by atoms with Crippen molar-refractivity contribution < 1.29 is 9.18 Å². The van der Waals surface area contributed by atoms with Crippen molar-refractivity contribution in [1.82, 2.24) is 0 Å². The predicted molar refractivity (Wildman–Crippen MR) is 84.4 cm³/mol. The van der Waals surface area contributed by atoms with Crippen molar-refractivity contribution in [3.05, 3.63) is 69.5 Å². The second-order valence-electron chi connectivity index (χ2n) is 4.66. The molecule has 0 bridgehead atoms. The molecule has 0 unspecified atom stereocenters. The SMILES string of the molecule is CC1=C(C(=O)c2ccc(F)cc2)Sc2ccc(Cl)cc2N1. The van der Waals surface area contributed by atoms with Crippen molar-refractivity contribution in [2.45, 2.75) is 11.8 Å². The number of halogens is 2. The topological polar surface area (TPSA) is 29.1 Å². The number of rotatable bonds is 2. The molecule has 21 heavy (non-hydrogen) atoms. The van der Waals surface area contributed by atoms with E-state index in [4.69, 9.17) is 11.6 Å². The number of thioether (sulfide) groups is 1. The second-order valence-corrected chi connectivity index (χ2v) is 6.15. The molecule has 2 aromatic rings. The molecule has 1 N–H and O–H groups in total. The van der Waals surface area contributed by atoms with E-state index in [1.54, 1.807) is 6.07 Å². The molecule has 3 rings (SSSR count). The molecule has 5 heteroatoms. The standard InChI is InChI=1S/C16H11ClFNOS/c1-9-16(15(20)10-2-5-12(18)6-3-10)21-14-7-4-11(17)8-13(14)19-9/h2-8,19H,1H3. The van der Waals surface area contributed by atoms with Crippen LogP contribution in [0, 0.1) is 5.82 Å². The average Bonchev–Trinajstić information content (AvgIpc) is 2.46. The van der Waals surface area contributed by atoms with Crippen LogP contribution in [0.5, 0.6) is 0 Å². The van der Waals surface area contributed by atoms with Gasteiger partial charge in [-0.25, -0.2) is 4.39 Å². The average molecular weight is 320 g/mol. The lowest BCUT2D eigenvalue weighted by Crippen LogP contribution is -2.12. The summed E-state index contributed by atoms with van der Waals surface area (Å²) in [7, 11) is 0. The Morgan fingerprint density at radius 2 is 1.90 bits per heavy atom. The van der Waals surface area contributed by atoms with Gasteiger partial charge in [0.05, 0.1) is 10.6 Å². The van der Waals surface area contributed by atoms with Crippen molar-refractivity contribution in [3.63, 3.8) is 0 Å². The summed E-state index contributed by atoms with van der Waals surface area (Å²) in [6, 6.07) is 11.1. The minimum Gasteiger partial charge on any atom is -0.357 e. The van der Waals surface area contributed by atoms with Crippen molar-refractivity contribution in [3.8, 4) is 0 Å². The zero-order valence-electron chi connectivity index (χ0n) is 11.1. The van der Waals surface area contributed by atoms with E-state index >= 15 is 0 Å². The maximum absolute atomic E-state index is 13.0. The van der Waals surface area contributed by atoms with Gasteiger partial charge in [0, 0.05) is 21.2 Å². The number of ketones is 1. The molecule has 0 spiro atoms. The van der Waals surface area contributed by atoms with Crippen LogP contribution in [0.15, 0.2) is 58.0 Å². The van der Waals surface area contributed by atoms with Crippen molar-refractivity contribution >= 4 is 34.8 Å². The normalized spacial score (nSPS) is 13.7. The Labute approximate surface area is 131 Å². The number of carbonyl (C=O) groups is 1. The van der Waals surface area contributed by atoms with Crippen molar-refractivity contribution in [2.24, 2.45) is 0 Å². The van der Waals surface area contributed by atoms with Crippen LogP contribution in [0.25, 0.3) is 0 Å². The highest BCUT2D eigenvalue weighted by Gasteiger charge is 2.22. The molecule has 1 aliphatic rings. The number of fused-ring (bicyclic) bond motifs is 1. The van der Waals surface area contributed by atoms with E-state index in [1.165, 1.54) is 36.0 Å². The van der Waals surface area contributed by atoms with E-state index in [2.05, 4.69) is 5.32 Å². The van der Waals surface area contributed by atoms with Crippen LogP contribution in [0.2, 0.25) is 5.02 Å². The van der Waals surface area contributed by atoms with Crippen LogP contribution in [0.3, 0.4) is 0 Å². The molecule has 0 saturated heterocycles. The molecule has 0 aromatic heterocycles. The molecule has 0 aliphatic carbocycles. The van der Waals surface area contributed by atoms with Crippen LogP contribution < -0.4 is 5.32 Å². The smallest absolute Gasteiger partial charge is 0.201 e.